The molecule has 2 aromatic carbocycles. The van der Waals surface area contributed by atoms with E-state index in [-0.39, 0.29) is 24.5 Å². The van der Waals surface area contributed by atoms with E-state index in [9.17, 15) is 9.90 Å². The Morgan fingerprint density at radius 3 is 2.52 bits per heavy atom. The minimum absolute atomic E-state index is 0.0720. The zero-order valence-electron chi connectivity index (χ0n) is 14.7. The molecule has 0 spiro atoms. The molecular weight excluding hydrogens is 344 g/mol. The number of carbonyl (C=O) groups excluding carboxylic acids is 1. The van der Waals surface area contributed by atoms with Crippen LogP contribution in [0.15, 0.2) is 65.2 Å². The van der Waals surface area contributed by atoms with Crippen molar-refractivity contribution < 1.29 is 14.4 Å². The summed E-state index contributed by atoms with van der Waals surface area (Å²) in [5.41, 5.74) is 1.48. The topological polar surface area (TPSA) is 91.5 Å². The number of rotatable bonds is 4. The van der Waals surface area contributed by atoms with E-state index in [1.54, 1.807) is 17.0 Å². The second kappa shape index (κ2) is 7.59. The standard InChI is InChI=1S/C20H20N4O3/c25-17-13-24(19(26)15-9-5-2-6-10-15)12-11-16(17)21-20-22-18(23-27-20)14-7-3-1-4-8-14/h1-10,16-17,25H,11-13H2,(H,21,22,23)/t16-,17-/m1/s1. The number of hydrogen-bond donors (Lipinski definition) is 2. The highest BCUT2D eigenvalue weighted by atomic mass is 16.5. The summed E-state index contributed by atoms with van der Waals surface area (Å²) in [6, 6.07) is 18.6. The number of anilines is 1. The van der Waals surface area contributed by atoms with Gasteiger partial charge >= 0.3 is 6.01 Å². The van der Waals surface area contributed by atoms with Gasteiger partial charge in [0.25, 0.3) is 5.91 Å². The molecule has 2 N–H and O–H groups in total. The number of aliphatic hydroxyl groups excluding tert-OH is 1. The highest BCUT2D eigenvalue weighted by molar-refractivity contribution is 5.94. The van der Waals surface area contributed by atoms with Gasteiger partial charge in [-0.1, -0.05) is 53.7 Å². The van der Waals surface area contributed by atoms with E-state index in [4.69, 9.17) is 4.52 Å². The SMILES string of the molecule is O=C(c1ccccc1)N1CC[C@@H](Nc2nc(-c3ccccc3)no2)[C@H](O)C1. The number of hydrogen-bond acceptors (Lipinski definition) is 6. The quantitative estimate of drug-likeness (QED) is 0.739. The zero-order chi connectivity index (χ0) is 18.6. The fraction of sp³-hybridized carbons (Fsp3) is 0.250. The molecule has 0 unspecified atom stereocenters. The molecule has 1 aliphatic rings. The van der Waals surface area contributed by atoms with Gasteiger partial charge in [-0.2, -0.15) is 4.98 Å². The number of aromatic nitrogens is 2. The van der Waals surface area contributed by atoms with Crippen molar-refractivity contribution in [1.82, 2.24) is 15.0 Å². The summed E-state index contributed by atoms with van der Waals surface area (Å²) >= 11 is 0. The van der Waals surface area contributed by atoms with Gasteiger partial charge in [0.2, 0.25) is 5.82 Å². The predicted octanol–water partition coefficient (Wildman–Crippen LogP) is 2.42. The number of aliphatic hydroxyl groups is 1. The smallest absolute Gasteiger partial charge is 0.322 e. The molecule has 0 saturated carbocycles. The van der Waals surface area contributed by atoms with E-state index in [1.807, 2.05) is 48.5 Å². The number of benzene rings is 2. The second-order valence-corrected chi connectivity index (χ2v) is 6.51. The highest BCUT2D eigenvalue weighted by Crippen LogP contribution is 2.21. The van der Waals surface area contributed by atoms with Gasteiger partial charge in [-0.25, -0.2) is 0 Å². The molecule has 1 saturated heterocycles. The molecule has 1 aliphatic heterocycles. The van der Waals surface area contributed by atoms with E-state index < -0.39 is 6.10 Å². The first-order chi connectivity index (χ1) is 13.2. The van der Waals surface area contributed by atoms with Gasteiger partial charge in [0.15, 0.2) is 0 Å². The Morgan fingerprint density at radius 2 is 1.81 bits per heavy atom. The van der Waals surface area contributed by atoms with Crippen LogP contribution in [0.4, 0.5) is 6.01 Å². The van der Waals surface area contributed by atoms with Gasteiger partial charge in [-0.15, -0.1) is 0 Å². The highest BCUT2D eigenvalue weighted by Gasteiger charge is 2.31. The lowest BCUT2D eigenvalue weighted by molar-refractivity contribution is 0.0422. The Balaban J connectivity index is 1.38. The molecular formula is C20H20N4O3. The number of nitrogens with zero attached hydrogens (tertiary/aromatic N) is 3. The average Bonchev–Trinajstić information content (AvgIpc) is 3.19. The lowest BCUT2D eigenvalue weighted by Gasteiger charge is -2.35. The van der Waals surface area contributed by atoms with Crippen LogP contribution in [0.25, 0.3) is 11.4 Å². The van der Waals surface area contributed by atoms with Crippen LogP contribution < -0.4 is 5.32 Å². The van der Waals surface area contributed by atoms with Gasteiger partial charge in [0.1, 0.15) is 0 Å². The maximum absolute atomic E-state index is 12.5. The van der Waals surface area contributed by atoms with Crippen molar-refractivity contribution in [3.05, 3.63) is 66.2 Å². The summed E-state index contributed by atoms with van der Waals surface area (Å²) in [5.74, 6) is 0.418. The van der Waals surface area contributed by atoms with Gasteiger partial charge in [-0.05, 0) is 18.6 Å². The molecule has 2 atom stereocenters. The van der Waals surface area contributed by atoms with E-state index >= 15 is 0 Å². The minimum Gasteiger partial charge on any atom is -0.389 e. The van der Waals surface area contributed by atoms with Crippen LogP contribution in [0.3, 0.4) is 0 Å². The number of β-amino-alcohol motifs (C(OH)–C–C–N with tert-alkyl or cyclic N) is 1. The van der Waals surface area contributed by atoms with E-state index in [2.05, 4.69) is 15.5 Å². The third-order valence-electron chi connectivity index (χ3n) is 4.66. The summed E-state index contributed by atoms with van der Waals surface area (Å²) in [6.07, 6.45) is -0.138. The molecule has 7 heteroatoms. The van der Waals surface area contributed by atoms with Crippen molar-refractivity contribution in [1.29, 1.82) is 0 Å². The monoisotopic (exact) mass is 364 g/mol. The number of likely N-dealkylation sites (tertiary alicyclic amines) is 1. The van der Waals surface area contributed by atoms with Crippen LogP contribution in [0, 0.1) is 0 Å². The average molecular weight is 364 g/mol. The van der Waals surface area contributed by atoms with Crippen molar-refractivity contribution in [3.8, 4) is 11.4 Å². The summed E-state index contributed by atoms with van der Waals surface area (Å²) in [7, 11) is 0. The number of carbonyl (C=O) groups is 1. The third-order valence-corrected chi connectivity index (χ3v) is 4.66. The first kappa shape index (κ1) is 17.2. The Kier molecular flexibility index (Phi) is 4.84. The van der Waals surface area contributed by atoms with Crippen LogP contribution in [0.2, 0.25) is 0 Å². The normalized spacial score (nSPS) is 19.7. The maximum atomic E-state index is 12.5. The van der Waals surface area contributed by atoms with Crippen molar-refractivity contribution in [2.45, 2.75) is 18.6 Å². The van der Waals surface area contributed by atoms with Crippen LogP contribution in [0.1, 0.15) is 16.8 Å². The Bertz CT molecular complexity index is 898. The Hall–Kier alpha value is -3.19. The zero-order valence-corrected chi connectivity index (χ0v) is 14.7. The summed E-state index contributed by atoms with van der Waals surface area (Å²) in [5, 5.41) is 17.5. The van der Waals surface area contributed by atoms with Gasteiger partial charge in [-0.3, -0.25) is 4.79 Å². The predicted molar refractivity (Wildman–Crippen MR) is 100 cm³/mol. The van der Waals surface area contributed by atoms with Crippen molar-refractivity contribution in [3.63, 3.8) is 0 Å². The molecule has 1 fully saturated rings. The molecule has 1 amide bonds. The molecule has 138 valence electrons. The lowest BCUT2D eigenvalue weighted by atomic mass is 10.0. The molecule has 0 aliphatic carbocycles. The van der Waals surface area contributed by atoms with E-state index in [0.717, 1.165) is 5.56 Å². The van der Waals surface area contributed by atoms with Crippen molar-refractivity contribution in [2.24, 2.45) is 0 Å². The first-order valence-corrected chi connectivity index (χ1v) is 8.89. The largest absolute Gasteiger partial charge is 0.389 e. The van der Waals surface area contributed by atoms with Crippen LogP contribution in [0.5, 0.6) is 0 Å². The molecule has 0 radical (unpaired) electrons. The fourth-order valence-electron chi connectivity index (χ4n) is 3.19. The molecule has 2 heterocycles. The number of amides is 1. The number of nitrogens with one attached hydrogen (secondary N) is 1. The summed E-state index contributed by atoms with van der Waals surface area (Å²) in [4.78, 5) is 18.5. The van der Waals surface area contributed by atoms with Crippen LogP contribution in [-0.2, 0) is 0 Å². The second-order valence-electron chi connectivity index (χ2n) is 6.51. The lowest BCUT2D eigenvalue weighted by Crippen LogP contribution is -2.51. The molecule has 1 aromatic heterocycles. The molecule has 3 aromatic rings. The maximum Gasteiger partial charge on any atom is 0.322 e. The van der Waals surface area contributed by atoms with Crippen molar-refractivity contribution in [2.75, 3.05) is 18.4 Å². The van der Waals surface area contributed by atoms with E-state index in [0.29, 0.717) is 24.4 Å². The third kappa shape index (κ3) is 3.83. The fourth-order valence-corrected chi connectivity index (χ4v) is 3.19. The first-order valence-electron chi connectivity index (χ1n) is 8.89. The Morgan fingerprint density at radius 1 is 1.11 bits per heavy atom. The van der Waals surface area contributed by atoms with Gasteiger partial charge in [0.05, 0.1) is 12.1 Å². The minimum atomic E-state index is -0.724. The molecule has 4 rings (SSSR count). The van der Waals surface area contributed by atoms with Gasteiger partial charge in [0, 0.05) is 24.2 Å². The van der Waals surface area contributed by atoms with Crippen LogP contribution in [-0.4, -0.2) is 51.3 Å². The van der Waals surface area contributed by atoms with Gasteiger partial charge < -0.3 is 19.8 Å². The Labute approximate surface area is 156 Å². The van der Waals surface area contributed by atoms with E-state index in [1.165, 1.54) is 0 Å². The summed E-state index contributed by atoms with van der Waals surface area (Å²) in [6.45, 7) is 0.799. The molecule has 0 bridgehead atoms. The summed E-state index contributed by atoms with van der Waals surface area (Å²) < 4.78 is 5.25. The number of piperidine rings is 1. The van der Waals surface area contributed by atoms with Crippen molar-refractivity contribution >= 4 is 11.9 Å². The van der Waals surface area contributed by atoms with Crippen LogP contribution >= 0.6 is 0 Å². The molecule has 7 nitrogen and oxygen atoms in total. The molecule has 27 heavy (non-hydrogen) atoms.